The van der Waals surface area contributed by atoms with E-state index < -0.39 is 0 Å². The highest BCUT2D eigenvalue weighted by molar-refractivity contribution is 5.97. The first-order valence-corrected chi connectivity index (χ1v) is 7.16. The van der Waals surface area contributed by atoms with E-state index in [-0.39, 0.29) is 29.0 Å². The van der Waals surface area contributed by atoms with Crippen LogP contribution in [0.3, 0.4) is 0 Å². The molecule has 1 fully saturated rings. The largest absolute Gasteiger partial charge is 0.508 e. The number of amides is 1. The van der Waals surface area contributed by atoms with Crippen LogP contribution >= 0.6 is 0 Å². The van der Waals surface area contributed by atoms with Crippen molar-refractivity contribution in [1.29, 1.82) is 0 Å². The van der Waals surface area contributed by atoms with E-state index in [0.29, 0.717) is 13.1 Å². The fraction of sp³-hybridized carbons (Fsp3) is 0.533. The van der Waals surface area contributed by atoms with E-state index in [1.807, 2.05) is 4.90 Å². The number of phenolic OH excluding ortho intramolecular Hbond substituents is 2. The van der Waals surface area contributed by atoms with Gasteiger partial charge in [-0.05, 0) is 37.9 Å². The van der Waals surface area contributed by atoms with E-state index in [9.17, 15) is 15.0 Å². The normalized spacial score (nSPS) is 15.4. The molecule has 0 spiro atoms. The zero-order valence-electron chi connectivity index (χ0n) is 11.6. The summed E-state index contributed by atoms with van der Waals surface area (Å²) in [5.41, 5.74) is 5.79. The van der Waals surface area contributed by atoms with Crippen LogP contribution in [0.1, 0.15) is 42.5 Å². The first-order valence-electron chi connectivity index (χ1n) is 7.16. The van der Waals surface area contributed by atoms with Crippen LogP contribution in [0, 0.1) is 0 Å². The number of carbonyl (C=O) groups is 1. The van der Waals surface area contributed by atoms with Gasteiger partial charge in [0.15, 0.2) is 0 Å². The van der Waals surface area contributed by atoms with Gasteiger partial charge in [-0.3, -0.25) is 4.79 Å². The Labute approximate surface area is 119 Å². The molecule has 20 heavy (non-hydrogen) atoms. The molecule has 5 nitrogen and oxygen atoms in total. The van der Waals surface area contributed by atoms with Crippen molar-refractivity contribution in [3.05, 3.63) is 23.8 Å². The molecule has 0 aliphatic heterocycles. The number of nitrogens with two attached hydrogens (primary N) is 1. The van der Waals surface area contributed by atoms with Gasteiger partial charge in [-0.1, -0.05) is 12.8 Å². The summed E-state index contributed by atoms with van der Waals surface area (Å²) in [5.74, 6) is -0.401. The standard InChI is InChI=1S/C15H22N2O3/c16-8-3-9-17(11-4-1-2-5-11)15(20)13-7-6-12(18)10-14(13)19/h6-7,10-11,18-19H,1-5,8-9,16H2. The second-order valence-electron chi connectivity index (χ2n) is 5.28. The lowest BCUT2D eigenvalue weighted by atomic mass is 10.1. The van der Waals surface area contributed by atoms with Gasteiger partial charge in [-0.2, -0.15) is 0 Å². The molecule has 0 unspecified atom stereocenters. The molecule has 0 radical (unpaired) electrons. The minimum absolute atomic E-state index is 0.0478. The third-order valence-corrected chi connectivity index (χ3v) is 3.84. The molecule has 1 aliphatic carbocycles. The number of nitrogens with zero attached hydrogens (tertiary/aromatic N) is 1. The van der Waals surface area contributed by atoms with Crippen LogP contribution in [0.2, 0.25) is 0 Å². The van der Waals surface area contributed by atoms with E-state index in [2.05, 4.69) is 0 Å². The number of phenols is 2. The summed E-state index contributed by atoms with van der Waals surface area (Å²) in [6, 6.07) is 4.32. The van der Waals surface area contributed by atoms with Gasteiger partial charge in [0, 0.05) is 18.7 Å². The lowest BCUT2D eigenvalue weighted by Crippen LogP contribution is -2.40. The minimum atomic E-state index is -0.178. The Kier molecular flexibility index (Phi) is 4.84. The summed E-state index contributed by atoms with van der Waals surface area (Å²) in [4.78, 5) is 14.4. The average molecular weight is 278 g/mol. The fourth-order valence-electron chi connectivity index (χ4n) is 2.78. The third kappa shape index (κ3) is 3.22. The number of benzene rings is 1. The highest BCUT2D eigenvalue weighted by Crippen LogP contribution is 2.28. The SMILES string of the molecule is NCCCN(C(=O)c1ccc(O)cc1O)C1CCCC1. The summed E-state index contributed by atoms with van der Waals surface area (Å²) in [6.07, 6.45) is 5.04. The fourth-order valence-corrected chi connectivity index (χ4v) is 2.78. The number of aromatic hydroxyl groups is 2. The third-order valence-electron chi connectivity index (χ3n) is 3.84. The van der Waals surface area contributed by atoms with Crippen LogP contribution in [0.15, 0.2) is 18.2 Å². The zero-order chi connectivity index (χ0) is 14.5. The predicted octanol–water partition coefficient (Wildman–Crippen LogP) is 1.83. The first kappa shape index (κ1) is 14.7. The van der Waals surface area contributed by atoms with Crippen molar-refractivity contribution in [2.45, 2.75) is 38.1 Å². The maximum Gasteiger partial charge on any atom is 0.257 e. The van der Waals surface area contributed by atoms with Gasteiger partial charge in [0.05, 0.1) is 5.56 Å². The molecule has 0 bridgehead atoms. The minimum Gasteiger partial charge on any atom is -0.508 e. The molecule has 110 valence electrons. The Morgan fingerprint density at radius 1 is 1.30 bits per heavy atom. The number of rotatable bonds is 5. The molecular formula is C15H22N2O3. The van der Waals surface area contributed by atoms with Crippen molar-refractivity contribution in [1.82, 2.24) is 4.90 Å². The maximum atomic E-state index is 12.6. The highest BCUT2D eigenvalue weighted by Gasteiger charge is 2.28. The maximum absolute atomic E-state index is 12.6. The van der Waals surface area contributed by atoms with Crippen LogP contribution in [0.4, 0.5) is 0 Å². The molecule has 0 heterocycles. The predicted molar refractivity (Wildman–Crippen MR) is 76.7 cm³/mol. The van der Waals surface area contributed by atoms with Gasteiger partial charge in [-0.15, -0.1) is 0 Å². The van der Waals surface area contributed by atoms with Gasteiger partial charge in [0.25, 0.3) is 5.91 Å². The highest BCUT2D eigenvalue weighted by atomic mass is 16.3. The van der Waals surface area contributed by atoms with E-state index in [1.165, 1.54) is 18.2 Å². The molecular weight excluding hydrogens is 256 g/mol. The first-order chi connectivity index (χ1) is 9.63. The second kappa shape index (κ2) is 6.61. The lowest BCUT2D eigenvalue weighted by Gasteiger charge is -2.29. The number of hydrogen-bond acceptors (Lipinski definition) is 4. The Hall–Kier alpha value is -1.75. The molecule has 1 amide bonds. The Morgan fingerprint density at radius 3 is 2.60 bits per heavy atom. The van der Waals surface area contributed by atoms with Crippen LogP contribution in [-0.2, 0) is 0 Å². The van der Waals surface area contributed by atoms with Gasteiger partial charge in [-0.25, -0.2) is 0 Å². The molecule has 1 aliphatic rings. The Bertz CT molecular complexity index is 470. The van der Waals surface area contributed by atoms with Crippen molar-refractivity contribution in [3.8, 4) is 11.5 Å². The molecule has 0 saturated heterocycles. The molecule has 2 rings (SSSR count). The molecule has 0 atom stereocenters. The van der Waals surface area contributed by atoms with Gasteiger partial charge >= 0.3 is 0 Å². The van der Waals surface area contributed by atoms with Gasteiger partial charge < -0.3 is 20.8 Å². The number of hydrogen-bond donors (Lipinski definition) is 3. The summed E-state index contributed by atoms with van der Waals surface area (Å²) >= 11 is 0. The quantitative estimate of drug-likeness (QED) is 0.767. The summed E-state index contributed by atoms with van der Waals surface area (Å²) in [7, 11) is 0. The van der Waals surface area contributed by atoms with Crippen molar-refractivity contribution in [3.63, 3.8) is 0 Å². The molecule has 1 aromatic rings. The zero-order valence-corrected chi connectivity index (χ0v) is 11.6. The van der Waals surface area contributed by atoms with Crippen LogP contribution in [0.5, 0.6) is 11.5 Å². The molecule has 1 aromatic carbocycles. The Morgan fingerprint density at radius 2 is 2.00 bits per heavy atom. The molecule has 5 heteroatoms. The number of carbonyl (C=O) groups excluding carboxylic acids is 1. The van der Waals surface area contributed by atoms with Crippen LogP contribution < -0.4 is 5.73 Å². The summed E-state index contributed by atoms with van der Waals surface area (Å²) in [5, 5.41) is 19.2. The van der Waals surface area contributed by atoms with E-state index in [1.54, 1.807) is 0 Å². The molecule has 4 N–H and O–H groups in total. The van der Waals surface area contributed by atoms with Gasteiger partial charge in [0.1, 0.15) is 11.5 Å². The van der Waals surface area contributed by atoms with E-state index >= 15 is 0 Å². The van der Waals surface area contributed by atoms with Crippen molar-refractivity contribution >= 4 is 5.91 Å². The lowest BCUT2D eigenvalue weighted by molar-refractivity contribution is 0.0677. The van der Waals surface area contributed by atoms with E-state index in [0.717, 1.165) is 32.1 Å². The van der Waals surface area contributed by atoms with Crippen molar-refractivity contribution < 1.29 is 15.0 Å². The molecule has 0 aromatic heterocycles. The smallest absolute Gasteiger partial charge is 0.257 e. The van der Waals surface area contributed by atoms with Crippen LogP contribution in [0.25, 0.3) is 0 Å². The Balaban J connectivity index is 2.20. The van der Waals surface area contributed by atoms with Crippen molar-refractivity contribution in [2.24, 2.45) is 5.73 Å². The topological polar surface area (TPSA) is 86.8 Å². The van der Waals surface area contributed by atoms with Crippen molar-refractivity contribution in [2.75, 3.05) is 13.1 Å². The average Bonchev–Trinajstić information content (AvgIpc) is 2.93. The molecule has 1 saturated carbocycles. The monoisotopic (exact) mass is 278 g/mol. The summed E-state index contributed by atoms with van der Waals surface area (Å²) in [6.45, 7) is 1.15. The van der Waals surface area contributed by atoms with Gasteiger partial charge in [0.2, 0.25) is 0 Å². The van der Waals surface area contributed by atoms with Crippen LogP contribution in [-0.4, -0.2) is 40.2 Å². The summed E-state index contributed by atoms with van der Waals surface area (Å²) < 4.78 is 0. The van der Waals surface area contributed by atoms with E-state index in [4.69, 9.17) is 5.73 Å². The second-order valence-corrected chi connectivity index (χ2v) is 5.28.